The van der Waals surface area contributed by atoms with Crippen LogP contribution in [0, 0.1) is 35.5 Å². The zero-order chi connectivity index (χ0) is 24.4. The van der Waals surface area contributed by atoms with Crippen LogP contribution in [0.15, 0.2) is 23.3 Å². The van der Waals surface area contributed by atoms with Crippen LogP contribution in [0.3, 0.4) is 0 Å². The maximum atomic E-state index is 12.5. The molecule has 0 spiro atoms. The number of esters is 1. The van der Waals surface area contributed by atoms with Gasteiger partial charge in [0.2, 0.25) is 0 Å². The molecule has 0 saturated carbocycles. The molecule has 5 heteroatoms. The van der Waals surface area contributed by atoms with E-state index in [4.69, 9.17) is 4.74 Å². The van der Waals surface area contributed by atoms with E-state index in [1.165, 1.54) is 19.3 Å². The Balaban J connectivity index is 2.68. The van der Waals surface area contributed by atoms with Crippen molar-refractivity contribution in [3.05, 3.63) is 23.3 Å². The maximum absolute atomic E-state index is 12.5. The highest BCUT2D eigenvalue weighted by atomic mass is 16.5. The summed E-state index contributed by atoms with van der Waals surface area (Å²) in [5.41, 5.74) is 1.14. The molecule has 0 aliphatic carbocycles. The van der Waals surface area contributed by atoms with Crippen molar-refractivity contribution < 1.29 is 24.2 Å². The normalized spacial score (nSPS) is 22.1. The summed E-state index contributed by atoms with van der Waals surface area (Å²) >= 11 is 0. The van der Waals surface area contributed by atoms with Gasteiger partial charge in [-0.3, -0.25) is 9.59 Å². The fourth-order valence-electron chi connectivity index (χ4n) is 4.94. The molecule has 0 amide bonds. The van der Waals surface area contributed by atoms with Crippen molar-refractivity contribution in [3.63, 3.8) is 0 Å². The topological polar surface area (TPSA) is 80.7 Å². The summed E-state index contributed by atoms with van der Waals surface area (Å²) in [5, 5.41) is 9.65. The molecular weight excluding hydrogens is 404 g/mol. The second-order valence-corrected chi connectivity index (χ2v) is 10.4. The van der Waals surface area contributed by atoms with Gasteiger partial charge in [0, 0.05) is 11.5 Å². The van der Waals surface area contributed by atoms with Crippen LogP contribution in [0.25, 0.3) is 0 Å². The van der Waals surface area contributed by atoms with Crippen molar-refractivity contribution in [2.45, 2.75) is 87.0 Å². The standard InChI is InChI=1S/C27H44O5/c1-8-17(2)9-18(3)10-19(4)11-20(5)12-21(6)13-23(27(30)31)14-22(7)26(29)24-15-25(28)32-16-24/h12-13,17-20,22,24H,8-11,14-16H2,1-7H3,(H,30,31)/b21-12+,23-13-/t17?,18?,19?,20?,22?,24-/m0/s1. The van der Waals surface area contributed by atoms with Crippen molar-refractivity contribution in [3.8, 4) is 0 Å². The molecule has 1 heterocycles. The van der Waals surface area contributed by atoms with Crippen molar-refractivity contribution >= 4 is 17.7 Å². The molecule has 5 unspecified atom stereocenters. The van der Waals surface area contributed by atoms with E-state index in [0.717, 1.165) is 23.8 Å². The predicted molar refractivity (Wildman–Crippen MR) is 128 cm³/mol. The molecule has 6 atom stereocenters. The lowest BCUT2D eigenvalue weighted by atomic mass is 9.84. The lowest BCUT2D eigenvalue weighted by Crippen LogP contribution is -2.23. The van der Waals surface area contributed by atoms with E-state index < -0.39 is 17.8 Å². The largest absolute Gasteiger partial charge is 0.478 e. The van der Waals surface area contributed by atoms with Gasteiger partial charge in [-0.05, 0) is 62.4 Å². The number of ketones is 1. The van der Waals surface area contributed by atoms with Gasteiger partial charge in [0.15, 0.2) is 0 Å². The number of carboxylic acid groups (broad SMARTS) is 1. The molecule has 0 aromatic rings. The molecule has 0 aromatic heterocycles. The minimum absolute atomic E-state index is 0.0971. The molecule has 1 aliphatic heterocycles. The molecule has 1 rings (SSSR count). The third kappa shape index (κ3) is 10.1. The lowest BCUT2D eigenvalue weighted by molar-refractivity contribution is -0.138. The smallest absolute Gasteiger partial charge is 0.331 e. The first kappa shape index (κ1) is 28.1. The van der Waals surface area contributed by atoms with Gasteiger partial charge in [0.1, 0.15) is 12.4 Å². The van der Waals surface area contributed by atoms with E-state index >= 15 is 0 Å². The Morgan fingerprint density at radius 2 is 1.66 bits per heavy atom. The Labute approximate surface area is 194 Å². The van der Waals surface area contributed by atoms with Crippen molar-refractivity contribution in [1.82, 2.24) is 0 Å². The molecule has 1 saturated heterocycles. The molecule has 5 nitrogen and oxygen atoms in total. The van der Waals surface area contributed by atoms with Crippen LogP contribution in [0.2, 0.25) is 0 Å². The van der Waals surface area contributed by atoms with Gasteiger partial charge in [-0.25, -0.2) is 4.79 Å². The van der Waals surface area contributed by atoms with E-state index in [1.54, 1.807) is 13.0 Å². The zero-order valence-corrected chi connectivity index (χ0v) is 21.1. The summed E-state index contributed by atoms with van der Waals surface area (Å²) < 4.78 is 4.88. The Hall–Kier alpha value is -1.91. The number of carbonyl (C=O) groups excluding carboxylic acids is 2. The van der Waals surface area contributed by atoms with Gasteiger partial charge in [-0.15, -0.1) is 0 Å². The highest BCUT2D eigenvalue weighted by Gasteiger charge is 2.33. The second-order valence-electron chi connectivity index (χ2n) is 10.4. The molecule has 1 aliphatic rings. The van der Waals surface area contributed by atoms with Gasteiger partial charge in [0.25, 0.3) is 0 Å². The summed E-state index contributed by atoms with van der Waals surface area (Å²) in [6, 6.07) is 0. The number of carboxylic acids is 1. The van der Waals surface area contributed by atoms with Crippen molar-refractivity contribution in [2.24, 2.45) is 35.5 Å². The lowest BCUT2D eigenvalue weighted by Gasteiger charge is -2.21. The molecule has 0 radical (unpaired) electrons. The van der Waals surface area contributed by atoms with Crippen LogP contribution in [-0.2, 0) is 19.1 Å². The van der Waals surface area contributed by atoms with E-state index in [0.29, 0.717) is 11.8 Å². The van der Waals surface area contributed by atoms with E-state index in [1.807, 2.05) is 6.92 Å². The number of rotatable bonds is 14. The van der Waals surface area contributed by atoms with E-state index in [-0.39, 0.29) is 36.8 Å². The first-order chi connectivity index (χ1) is 14.9. The van der Waals surface area contributed by atoms with Gasteiger partial charge in [-0.2, -0.15) is 0 Å². The van der Waals surface area contributed by atoms with Gasteiger partial charge < -0.3 is 9.84 Å². The van der Waals surface area contributed by atoms with Crippen LogP contribution in [-0.4, -0.2) is 29.4 Å². The second kappa shape index (κ2) is 13.6. The molecule has 0 aromatic carbocycles. The molecule has 0 bridgehead atoms. The number of hydrogen-bond acceptors (Lipinski definition) is 4. The highest BCUT2D eigenvalue weighted by molar-refractivity contribution is 5.92. The van der Waals surface area contributed by atoms with E-state index in [2.05, 4.69) is 40.7 Å². The quantitative estimate of drug-likeness (QED) is 0.194. The number of ether oxygens (including phenoxy) is 1. The molecule has 1 fully saturated rings. The van der Waals surface area contributed by atoms with Gasteiger partial charge in [0.05, 0.1) is 12.3 Å². The number of cyclic esters (lactones) is 1. The Bertz CT molecular complexity index is 705. The van der Waals surface area contributed by atoms with E-state index in [9.17, 15) is 19.5 Å². The third-order valence-electron chi connectivity index (χ3n) is 6.58. The number of aliphatic carboxylic acids is 1. The van der Waals surface area contributed by atoms with Crippen LogP contribution in [0.4, 0.5) is 0 Å². The summed E-state index contributed by atoms with van der Waals surface area (Å²) in [7, 11) is 0. The minimum atomic E-state index is -1.00. The maximum Gasteiger partial charge on any atom is 0.331 e. The minimum Gasteiger partial charge on any atom is -0.478 e. The fourth-order valence-corrected chi connectivity index (χ4v) is 4.94. The average Bonchev–Trinajstić information content (AvgIpc) is 3.12. The number of carbonyl (C=O) groups is 3. The molecule has 32 heavy (non-hydrogen) atoms. The highest BCUT2D eigenvalue weighted by Crippen LogP contribution is 2.27. The Morgan fingerprint density at radius 1 is 1.06 bits per heavy atom. The molecule has 182 valence electrons. The monoisotopic (exact) mass is 448 g/mol. The third-order valence-corrected chi connectivity index (χ3v) is 6.58. The first-order valence-corrected chi connectivity index (χ1v) is 12.2. The summed E-state index contributed by atoms with van der Waals surface area (Å²) in [6.07, 6.45) is 8.86. The summed E-state index contributed by atoms with van der Waals surface area (Å²) in [5.74, 6) is 0.0816. The van der Waals surface area contributed by atoms with Crippen LogP contribution >= 0.6 is 0 Å². The Kier molecular flexibility index (Phi) is 11.9. The van der Waals surface area contributed by atoms with Crippen LogP contribution in [0.1, 0.15) is 87.0 Å². The Morgan fingerprint density at radius 3 is 2.19 bits per heavy atom. The molecule has 1 N–H and O–H groups in total. The van der Waals surface area contributed by atoms with Crippen molar-refractivity contribution in [2.75, 3.05) is 6.61 Å². The predicted octanol–water partition coefficient (Wildman–Crippen LogP) is 6.23. The zero-order valence-electron chi connectivity index (χ0n) is 21.1. The number of allylic oxidation sites excluding steroid dienone is 3. The number of Topliss-reactive ketones (excluding diaryl/α,β-unsaturated/α-hetero) is 1. The molecular formula is C27H44O5. The van der Waals surface area contributed by atoms with Gasteiger partial charge in [-0.1, -0.05) is 59.6 Å². The van der Waals surface area contributed by atoms with Crippen LogP contribution in [0.5, 0.6) is 0 Å². The number of hydrogen-bond donors (Lipinski definition) is 1. The summed E-state index contributed by atoms with van der Waals surface area (Å²) in [4.78, 5) is 35.6. The average molecular weight is 449 g/mol. The van der Waals surface area contributed by atoms with Crippen LogP contribution < -0.4 is 0 Å². The fraction of sp³-hybridized carbons (Fsp3) is 0.741. The summed E-state index contributed by atoms with van der Waals surface area (Å²) in [6.45, 7) is 15.1. The van der Waals surface area contributed by atoms with Gasteiger partial charge >= 0.3 is 11.9 Å². The van der Waals surface area contributed by atoms with Crippen molar-refractivity contribution in [1.29, 1.82) is 0 Å². The first-order valence-electron chi connectivity index (χ1n) is 12.2. The SMILES string of the molecule is CCC(C)CC(C)CC(C)CC(C)/C=C(C)/C=C(/CC(C)C(=O)[C@@H]1COC(=O)C1)C(=O)O.